The third-order valence-corrected chi connectivity index (χ3v) is 4.44. The first-order valence-corrected chi connectivity index (χ1v) is 8.55. The summed E-state index contributed by atoms with van der Waals surface area (Å²) in [6.45, 7) is 4.15. The number of hydrogen-bond donors (Lipinski definition) is 1. The van der Waals surface area contributed by atoms with Crippen LogP contribution in [-0.4, -0.2) is 16.1 Å². The van der Waals surface area contributed by atoms with Crippen molar-refractivity contribution in [2.24, 2.45) is 5.92 Å². The first kappa shape index (κ1) is 14.8. The van der Waals surface area contributed by atoms with Crippen LogP contribution < -0.4 is 5.32 Å². The lowest BCUT2D eigenvalue weighted by molar-refractivity contribution is 0.480. The molecule has 0 amide bonds. The fraction of sp³-hybridized carbons (Fsp3) is 0.471. The molecule has 0 aliphatic heterocycles. The van der Waals surface area contributed by atoms with E-state index in [0.717, 1.165) is 29.2 Å². The summed E-state index contributed by atoms with van der Waals surface area (Å²) in [5.74, 6) is 0.832. The molecule has 0 bridgehead atoms. The second kappa shape index (κ2) is 6.75. The van der Waals surface area contributed by atoms with Crippen LogP contribution in [0.25, 0.3) is 0 Å². The molecular formula is C17H22BrN3. The highest BCUT2D eigenvalue weighted by molar-refractivity contribution is 9.10. The van der Waals surface area contributed by atoms with Gasteiger partial charge in [0.15, 0.2) is 0 Å². The molecule has 1 saturated carbocycles. The van der Waals surface area contributed by atoms with Crippen molar-refractivity contribution in [2.45, 2.75) is 38.8 Å². The number of nitrogens with zero attached hydrogens (tertiary/aromatic N) is 2. The third kappa shape index (κ3) is 3.95. The van der Waals surface area contributed by atoms with Crippen LogP contribution >= 0.6 is 15.9 Å². The molecule has 3 nitrogen and oxygen atoms in total. The van der Waals surface area contributed by atoms with Crippen LogP contribution in [0.1, 0.15) is 43.5 Å². The van der Waals surface area contributed by atoms with Crippen molar-refractivity contribution in [3.05, 3.63) is 52.5 Å². The standard InChI is InChI=1S/C17H22BrN3/c1-2-8-19-17(13-3-4-13)14-7-9-21(11-14)12-16-6-5-15(18)10-20-16/h5-7,9-11,13,17,19H,2-4,8,12H2,1H3. The predicted molar refractivity (Wildman–Crippen MR) is 89.2 cm³/mol. The van der Waals surface area contributed by atoms with Gasteiger partial charge in [0.2, 0.25) is 0 Å². The van der Waals surface area contributed by atoms with E-state index < -0.39 is 0 Å². The molecule has 3 rings (SSSR count). The number of pyridine rings is 1. The Morgan fingerprint density at radius 2 is 2.24 bits per heavy atom. The molecule has 1 unspecified atom stereocenters. The Morgan fingerprint density at radius 1 is 1.38 bits per heavy atom. The van der Waals surface area contributed by atoms with E-state index in [4.69, 9.17) is 0 Å². The highest BCUT2D eigenvalue weighted by Gasteiger charge is 2.32. The molecule has 0 radical (unpaired) electrons. The fourth-order valence-corrected chi connectivity index (χ4v) is 2.95. The van der Waals surface area contributed by atoms with E-state index >= 15 is 0 Å². The second-order valence-electron chi connectivity index (χ2n) is 5.85. The summed E-state index contributed by atoms with van der Waals surface area (Å²) in [5, 5.41) is 3.70. The lowest BCUT2D eigenvalue weighted by Gasteiger charge is -2.16. The molecule has 1 aliphatic carbocycles. The van der Waals surface area contributed by atoms with Crippen molar-refractivity contribution >= 4 is 15.9 Å². The van der Waals surface area contributed by atoms with Gasteiger partial charge in [0, 0.05) is 29.1 Å². The summed E-state index contributed by atoms with van der Waals surface area (Å²) in [6, 6.07) is 6.90. The van der Waals surface area contributed by atoms with Gasteiger partial charge in [-0.25, -0.2) is 0 Å². The molecule has 0 spiro atoms. The van der Waals surface area contributed by atoms with Gasteiger partial charge < -0.3 is 9.88 Å². The van der Waals surface area contributed by atoms with E-state index in [0.29, 0.717) is 6.04 Å². The number of aromatic nitrogens is 2. The Hall–Kier alpha value is -1.13. The van der Waals surface area contributed by atoms with Crippen molar-refractivity contribution < 1.29 is 0 Å². The van der Waals surface area contributed by atoms with Crippen LogP contribution in [0.15, 0.2) is 41.3 Å². The fourth-order valence-electron chi connectivity index (χ4n) is 2.71. The van der Waals surface area contributed by atoms with Crippen LogP contribution in [-0.2, 0) is 6.54 Å². The van der Waals surface area contributed by atoms with Gasteiger partial charge in [-0.2, -0.15) is 0 Å². The smallest absolute Gasteiger partial charge is 0.0642 e. The quantitative estimate of drug-likeness (QED) is 0.815. The van der Waals surface area contributed by atoms with Crippen LogP contribution in [0.4, 0.5) is 0 Å². The van der Waals surface area contributed by atoms with Crippen LogP contribution in [0.3, 0.4) is 0 Å². The number of nitrogens with one attached hydrogen (secondary N) is 1. The van der Waals surface area contributed by atoms with Crippen molar-refractivity contribution in [1.29, 1.82) is 0 Å². The van der Waals surface area contributed by atoms with E-state index in [1.54, 1.807) is 0 Å². The summed E-state index contributed by atoms with van der Waals surface area (Å²) in [7, 11) is 0. The molecule has 1 aliphatic rings. The third-order valence-electron chi connectivity index (χ3n) is 3.97. The van der Waals surface area contributed by atoms with E-state index in [9.17, 15) is 0 Å². The zero-order chi connectivity index (χ0) is 14.7. The molecule has 2 heterocycles. The normalized spacial score (nSPS) is 16.1. The molecule has 4 heteroatoms. The van der Waals surface area contributed by atoms with Crippen molar-refractivity contribution in [1.82, 2.24) is 14.9 Å². The molecule has 21 heavy (non-hydrogen) atoms. The summed E-state index contributed by atoms with van der Waals surface area (Å²) in [4.78, 5) is 4.44. The maximum absolute atomic E-state index is 4.44. The largest absolute Gasteiger partial charge is 0.348 e. The predicted octanol–water partition coefficient (Wildman–Crippen LogP) is 4.14. The summed E-state index contributed by atoms with van der Waals surface area (Å²) in [6.07, 6.45) is 10.2. The SMILES string of the molecule is CCCNC(c1ccn(Cc2ccc(Br)cn2)c1)C1CC1. The maximum atomic E-state index is 4.44. The highest BCUT2D eigenvalue weighted by atomic mass is 79.9. The minimum absolute atomic E-state index is 0.532. The van der Waals surface area contributed by atoms with Gasteiger partial charge in [-0.05, 0) is 71.4 Å². The molecule has 1 fully saturated rings. The molecule has 1 atom stereocenters. The highest BCUT2D eigenvalue weighted by Crippen LogP contribution is 2.41. The topological polar surface area (TPSA) is 29.9 Å². The summed E-state index contributed by atoms with van der Waals surface area (Å²) < 4.78 is 3.26. The number of rotatable bonds is 7. The average Bonchev–Trinajstić information content (AvgIpc) is 3.22. The zero-order valence-electron chi connectivity index (χ0n) is 12.4. The van der Waals surface area contributed by atoms with Gasteiger partial charge in [-0.15, -0.1) is 0 Å². The first-order valence-electron chi connectivity index (χ1n) is 7.75. The molecule has 0 aromatic carbocycles. The Labute approximate surface area is 134 Å². The number of hydrogen-bond acceptors (Lipinski definition) is 2. The molecule has 2 aromatic heterocycles. The van der Waals surface area contributed by atoms with Crippen molar-refractivity contribution in [2.75, 3.05) is 6.54 Å². The number of halogens is 1. The minimum atomic E-state index is 0.532. The molecule has 1 N–H and O–H groups in total. The van der Waals surface area contributed by atoms with Crippen molar-refractivity contribution in [3.63, 3.8) is 0 Å². The average molecular weight is 348 g/mol. The lowest BCUT2D eigenvalue weighted by atomic mass is 10.1. The minimum Gasteiger partial charge on any atom is -0.348 e. The second-order valence-corrected chi connectivity index (χ2v) is 6.77. The van der Waals surface area contributed by atoms with E-state index in [-0.39, 0.29) is 0 Å². The first-order chi connectivity index (χ1) is 10.3. The van der Waals surface area contributed by atoms with Crippen LogP contribution in [0.2, 0.25) is 0 Å². The molecule has 112 valence electrons. The van der Waals surface area contributed by atoms with Crippen molar-refractivity contribution in [3.8, 4) is 0 Å². The van der Waals surface area contributed by atoms with E-state index in [2.05, 4.69) is 62.2 Å². The summed E-state index contributed by atoms with van der Waals surface area (Å²) >= 11 is 3.42. The van der Waals surface area contributed by atoms with Crippen LogP contribution in [0, 0.1) is 5.92 Å². The zero-order valence-corrected chi connectivity index (χ0v) is 14.0. The maximum Gasteiger partial charge on any atom is 0.0642 e. The molecular weight excluding hydrogens is 326 g/mol. The lowest BCUT2D eigenvalue weighted by Crippen LogP contribution is -2.23. The Bertz CT molecular complexity index is 572. The molecule has 0 saturated heterocycles. The Kier molecular flexibility index (Phi) is 4.76. The molecule has 2 aromatic rings. The van der Waals surface area contributed by atoms with Gasteiger partial charge in [0.05, 0.1) is 12.2 Å². The van der Waals surface area contributed by atoms with Gasteiger partial charge in [-0.1, -0.05) is 6.92 Å². The van der Waals surface area contributed by atoms with Crippen LogP contribution in [0.5, 0.6) is 0 Å². The Morgan fingerprint density at radius 3 is 2.90 bits per heavy atom. The summed E-state index contributed by atoms with van der Waals surface area (Å²) in [5.41, 5.74) is 2.51. The Balaban J connectivity index is 1.68. The monoisotopic (exact) mass is 347 g/mol. The van der Waals surface area contributed by atoms with E-state index in [1.165, 1.54) is 24.8 Å². The van der Waals surface area contributed by atoms with Gasteiger partial charge in [0.1, 0.15) is 0 Å². The van der Waals surface area contributed by atoms with Gasteiger partial charge >= 0.3 is 0 Å². The van der Waals surface area contributed by atoms with E-state index in [1.807, 2.05) is 12.3 Å². The van der Waals surface area contributed by atoms with Gasteiger partial charge in [0.25, 0.3) is 0 Å². The van der Waals surface area contributed by atoms with Gasteiger partial charge in [-0.3, -0.25) is 4.98 Å².